The molecule has 3 aromatic rings. The maximum Gasteiger partial charge on any atom is 0.129 e. The lowest BCUT2D eigenvalue weighted by Gasteiger charge is -2.04. The molecule has 3 rings (SSSR count). The third-order valence-corrected chi connectivity index (χ3v) is 4.94. The van der Waals surface area contributed by atoms with Gasteiger partial charge in [-0.05, 0) is 18.2 Å². The molecule has 5 heteroatoms. The summed E-state index contributed by atoms with van der Waals surface area (Å²) in [6.45, 7) is 0. The fourth-order valence-electron chi connectivity index (χ4n) is 1.89. The van der Waals surface area contributed by atoms with E-state index in [0.29, 0.717) is 6.42 Å². The number of thiophene rings is 1. The van der Waals surface area contributed by atoms with Gasteiger partial charge in [-0.15, -0.1) is 22.7 Å². The number of aliphatic hydroxyl groups is 1. The highest BCUT2D eigenvalue weighted by molar-refractivity contribution is 7.18. The first-order chi connectivity index (χ1) is 9.26. The first kappa shape index (κ1) is 12.6. The van der Waals surface area contributed by atoms with Crippen LogP contribution in [-0.4, -0.2) is 17.2 Å². The van der Waals surface area contributed by atoms with Crippen LogP contribution in [0.4, 0.5) is 0 Å². The highest BCUT2D eigenvalue weighted by Crippen LogP contribution is 2.31. The predicted molar refractivity (Wildman–Crippen MR) is 79.2 cm³/mol. The maximum atomic E-state index is 10.2. The molecule has 0 spiro atoms. The third kappa shape index (κ3) is 2.63. The molecular weight excluding hydrogens is 278 g/mol. The summed E-state index contributed by atoms with van der Waals surface area (Å²) in [4.78, 5) is 5.45. The number of methoxy groups -OCH3 is 1. The number of nitrogens with zero attached hydrogens (tertiary/aromatic N) is 1. The molecule has 0 aliphatic rings. The summed E-state index contributed by atoms with van der Waals surface area (Å²) < 4.78 is 6.29. The first-order valence-electron chi connectivity index (χ1n) is 5.91. The average Bonchev–Trinajstić information content (AvgIpc) is 3.04. The van der Waals surface area contributed by atoms with E-state index in [1.807, 2.05) is 29.6 Å². The van der Waals surface area contributed by atoms with Crippen LogP contribution in [0.5, 0.6) is 5.75 Å². The van der Waals surface area contributed by atoms with Gasteiger partial charge in [-0.3, -0.25) is 0 Å². The van der Waals surface area contributed by atoms with Crippen molar-refractivity contribution in [1.82, 2.24) is 4.98 Å². The van der Waals surface area contributed by atoms with Gasteiger partial charge in [0.1, 0.15) is 5.75 Å². The molecule has 3 nitrogen and oxygen atoms in total. The van der Waals surface area contributed by atoms with E-state index in [4.69, 9.17) is 4.74 Å². The molecule has 1 unspecified atom stereocenters. The fraction of sp³-hybridized carbons (Fsp3) is 0.214. The van der Waals surface area contributed by atoms with Gasteiger partial charge in [0.15, 0.2) is 0 Å². The number of ether oxygens (including phenoxy) is 1. The second kappa shape index (κ2) is 5.28. The van der Waals surface area contributed by atoms with Crippen molar-refractivity contribution < 1.29 is 9.84 Å². The van der Waals surface area contributed by atoms with Crippen molar-refractivity contribution in [3.63, 3.8) is 0 Å². The van der Waals surface area contributed by atoms with Crippen LogP contribution < -0.4 is 4.74 Å². The second-order valence-corrected chi connectivity index (χ2v) is 6.24. The van der Waals surface area contributed by atoms with E-state index in [-0.39, 0.29) is 0 Å². The molecule has 19 heavy (non-hydrogen) atoms. The van der Waals surface area contributed by atoms with Gasteiger partial charge in [0.2, 0.25) is 0 Å². The molecule has 0 saturated heterocycles. The van der Waals surface area contributed by atoms with Gasteiger partial charge in [0.05, 0.1) is 28.4 Å². The van der Waals surface area contributed by atoms with Gasteiger partial charge in [-0.25, -0.2) is 4.98 Å². The second-order valence-electron chi connectivity index (χ2n) is 4.18. The van der Waals surface area contributed by atoms with Crippen LogP contribution in [0, 0.1) is 0 Å². The maximum absolute atomic E-state index is 10.2. The van der Waals surface area contributed by atoms with Gasteiger partial charge in [-0.1, -0.05) is 12.1 Å². The highest BCUT2D eigenvalue weighted by Gasteiger charge is 2.14. The van der Waals surface area contributed by atoms with Gasteiger partial charge >= 0.3 is 0 Å². The molecule has 98 valence electrons. The molecule has 0 aliphatic carbocycles. The van der Waals surface area contributed by atoms with Crippen molar-refractivity contribution in [3.8, 4) is 5.75 Å². The fourth-order valence-corrected chi connectivity index (χ4v) is 3.73. The number of thiazole rings is 1. The van der Waals surface area contributed by atoms with Crippen molar-refractivity contribution in [2.75, 3.05) is 7.11 Å². The molecule has 2 aromatic heterocycles. The lowest BCUT2D eigenvalue weighted by atomic mass is 10.2. The zero-order chi connectivity index (χ0) is 13.2. The first-order valence-corrected chi connectivity index (χ1v) is 7.61. The van der Waals surface area contributed by atoms with Crippen LogP contribution in [0.15, 0.2) is 35.7 Å². The molecular formula is C14H13NO2S2. The van der Waals surface area contributed by atoms with E-state index >= 15 is 0 Å². The summed E-state index contributed by atoms with van der Waals surface area (Å²) in [5.41, 5.74) is 0.999. The molecule has 0 aliphatic heterocycles. The van der Waals surface area contributed by atoms with Crippen LogP contribution in [0.1, 0.15) is 16.0 Å². The van der Waals surface area contributed by atoms with E-state index in [2.05, 4.69) is 11.1 Å². The van der Waals surface area contributed by atoms with E-state index < -0.39 is 6.10 Å². The van der Waals surface area contributed by atoms with Gasteiger partial charge in [0, 0.05) is 16.7 Å². The molecule has 0 radical (unpaired) electrons. The van der Waals surface area contributed by atoms with Crippen molar-refractivity contribution in [1.29, 1.82) is 0 Å². The van der Waals surface area contributed by atoms with E-state index in [9.17, 15) is 5.11 Å². The Morgan fingerprint density at radius 2 is 2.21 bits per heavy atom. The zero-order valence-electron chi connectivity index (χ0n) is 10.4. The molecule has 0 fully saturated rings. The van der Waals surface area contributed by atoms with Crippen molar-refractivity contribution in [2.24, 2.45) is 0 Å². The van der Waals surface area contributed by atoms with Gasteiger partial charge in [0.25, 0.3) is 0 Å². The summed E-state index contributed by atoms with van der Waals surface area (Å²) in [5, 5.41) is 13.1. The van der Waals surface area contributed by atoms with Crippen LogP contribution in [0.25, 0.3) is 10.2 Å². The Labute approximate surface area is 119 Å². The number of fused-ring (bicyclic) bond motifs is 1. The Bertz CT molecular complexity index is 656. The lowest BCUT2D eigenvalue weighted by Crippen LogP contribution is -1.98. The molecule has 1 N–H and O–H groups in total. The minimum atomic E-state index is -0.519. The number of benzene rings is 1. The Morgan fingerprint density at radius 1 is 1.37 bits per heavy atom. The lowest BCUT2D eigenvalue weighted by molar-refractivity contribution is 0.182. The van der Waals surface area contributed by atoms with Gasteiger partial charge in [-0.2, -0.15) is 0 Å². The SMILES string of the molecule is COc1csc(C(O)Cc2nc3ccccc3s2)c1. The van der Waals surface area contributed by atoms with E-state index in [0.717, 1.165) is 25.9 Å². The number of hydrogen-bond acceptors (Lipinski definition) is 5. The highest BCUT2D eigenvalue weighted by atomic mass is 32.1. The number of hydrogen-bond donors (Lipinski definition) is 1. The Morgan fingerprint density at radius 3 is 2.95 bits per heavy atom. The number of rotatable bonds is 4. The van der Waals surface area contributed by atoms with Crippen molar-refractivity contribution in [2.45, 2.75) is 12.5 Å². The summed E-state index contributed by atoms with van der Waals surface area (Å²) in [6.07, 6.45) is 0.0256. The Kier molecular flexibility index (Phi) is 3.50. The molecule has 0 amide bonds. The summed E-state index contributed by atoms with van der Waals surface area (Å²) in [5.74, 6) is 0.795. The topological polar surface area (TPSA) is 42.4 Å². The molecule has 2 heterocycles. The minimum absolute atomic E-state index is 0.519. The standard InChI is InChI=1S/C14H13NO2S2/c1-17-9-6-13(18-8-9)11(16)7-14-15-10-4-2-3-5-12(10)19-14/h2-6,8,11,16H,7H2,1H3. The minimum Gasteiger partial charge on any atom is -0.496 e. The summed E-state index contributed by atoms with van der Waals surface area (Å²) in [6, 6.07) is 9.91. The van der Waals surface area contributed by atoms with Crippen molar-refractivity contribution in [3.05, 3.63) is 45.6 Å². The smallest absolute Gasteiger partial charge is 0.129 e. The molecule has 0 bridgehead atoms. The van der Waals surface area contributed by atoms with Gasteiger partial charge < -0.3 is 9.84 Å². The van der Waals surface area contributed by atoms with E-state index in [1.165, 1.54) is 11.3 Å². The van der Waals surface area contributed by atoms with Crippen LogP contribution >= 0.6 is 22.7 Å². The van der Waals surface area contributed by atoms with Crippen molar-refractivity contribution >= 4 is 32.9 Å². The number of para-hydroxylation sites is 1. The van der Waals surface area contributed by atoms with Crippen LogP contribution in [0.2, 0.25) is 0 Å². The number of aliphatic hydroxyl groups excluding tert-OH is 1. The number of aromatic nitrogens is 1. The quantitative estimate of drug-likeness (QED) is 0.798. The largest absolute Gasteiger partial charge is 0.496 e. The third-order valence-electron chi connectivity index (χ3n) is 2.87. The van der Waals surface area contributed by atoms with Crippen LogP contribution in [-0.2, 0) is 6.42 Å². The summed E-state index contributed by atoms with van der Waals surface area (Å²) in [7, 11) is 1.63. The Balaban J connectivity index is 1.80. The molecule has 1 aromatic carbocycles. The molecule has 0 saturated carbocycles. The molecule has 1 atom stereocenters. The van der Waals surface area contributed by atoms with Crippen LogP contribution in [0.3, 0.4) is 0 Å². The monoisotopic (exact) mass is 291 g/mol. The average molecular weight is 291 g/mol. The normalized spacial score (nSPS) is 12.7. The summed E-state index contributed by atoms with van der Waals surface area (Å²) >= 11 is 3.15. The van der Waals surface area contributed by atoms with E-state index in [1.54, 1.807) is 18.4 Å². The predicted octanol–water partition coefficient (Wildman–Crippen LogP) is 3.64. The Hall–Kier alpha value is -1.43. The zero-order valence-corrected chi connectivity index (χ0v) is 12.0.